The highest BCUT2D eigenvalue weighted by molar-refractivity contribution is 7.20. The molecule has 1 aromatic carbocycles. The summed E-state index contributed by atoms with van der Waals surface area (Å²) in [5, 5.41) is 20.8. The molecule has 0 saturated heterocycles. The number of Topliss-reactive ketones (excluding diaryl/α,β-unsaturated/α-hetero) is 1. The quantitative estimate of drug-likeness (QED) is 0.257. The van der Waals surface area contributed by atoms with Gasteiger partial charge in [0.05, 0.1) is 21.2 Å². The van der Waals surface area contributed by atoms with Gasteiger partial charge in [-0.15, -0.1) is 11.3 Å². The van der Waals surface area contributed by atoms with E-state index < -0.39 is 20.4 Å². The van der Waals surface area contributed by atoms with Crippen LogP contribution in [0.3, 0.4) is 0 Å². The number of benzene rings is 1. The topological polar surface area (TPSA) is 123 Å². The summed E-state index contributed by atoms with van der Waals surface area (Å²) in [6.45, 7) is 0. The van der Waals surface area contributed by atoms with Crippen molar-refractivity contribution in [1.29, 1.82) is 5.26 Å². The predicted molar refractivity (Wildman–Crippen MR) is 100 cm³/mol. The van der Waals surface area contributed by atoms with Gasteiger partial charge in [0, 0.05) is 0 Å². The van der Waals surface area contributed by atoms with Gasteiger partial charge in [-0.2, -0.15) is 5.26 Å². The first-order valence-electron chi connectivity index (χ1n) is 7.08. The van der Waals surface area contributed by atoms with Crippen LogP contribution in [-0.4, -0.2) is 29.5 Å². The second kappa shape index (κ2) is 7.32. The molecule has 0 amide bonds. The first-order chi connectivity index (χ1) is 12.7. The normalized spacial score (nSPS) is 12.5. The third-order valence-electron chi connectivity index (χ3n) is 3.52. The van der Waals surface area contributed by atoms with Crippen LogP contribution in [0.2, 0.25) is 0 Å². The molecule has 1 atom stereocenters. The number of carbonyl (C=O) groups excluding carboxylic acids is 1. The van der Waals surface area contributed by atoms with Crippen molar-refractivity contribution in [2.24, 2.45) is 0 Å². The maximum atomic E-state index is 12.1. The van der Waals surface area contributed by atoms with Crippen molar-refractivity contribution >= 4 is 67.8 Å². The number of aromatic nitrogens is 3. The average molecular weight is 443 g/mol. The van der Waals surface area contributed by atoms with E-state index >= 15 is 0 Å². The van der Waals surface area contributed by atoms with E-state index in [1.54, 1.807) is 18.2 Å². The number of rotatable bonds is 4. The molecule has 0 saturated carbocycles. The molecule has 0 radical (unpaired) electrons. The second-order valence-electron chi connectivity index (χ2n) is 5.19. The minimum atomic E-state index is -2.13. The Morgan fingerprint density at radius 2 is 2.11 bits per heavy atom. The Balaban J connectivity index is 2.08. The van der Waals surface area contributed by atoms with Gasteiger partial charge in [0.25, 0.3) is 3.79 Å². The number of alkyl halides is 3. The summed E-state index contributed by atoms with van der Waals surface area (Å²) in [6.07, 6.45) is 2.17. The molecule has 0 bridgehead atoms. The maximum absolute atomic E-state index is 12.1. The fraction of sp³-hybridized carbons (Fsp3) is 0.133. The smallest absolute Gasteiger partial charge is 0.287 e. The minimum absolute atomic E-state index is 0.00340. The summed E-state index contributed by atoms with van der Waals surface area (Å²) in [7, 11) is 0. The zero-order chi connectivity index (χ0) is 19.8. The van der Waals surface area contributed by atoms with Gasteiger partial charge in [-0.1, -0.05) is 40.9 Å². The summed E-state index contributed by atoms with van der Waals surface area (Å²) >= 11 is 17.8. The molecule has 0 aliphatic carbocycles. The van der Waals surface area contributed by atoms with Crippen molar-refractivity contribution in [3.63, 3.8) is 0 Å². The van der Waals surface area contributed by atoms with Crippen LogP contribution in [0.15, 0.2) is 30.7 Å². The van der Waals surface area contributed by atoms with Crippen molar-refractivity contribution in [3.05, 3.63) is 57.1 Å². The van der Waals surface area contributed by atoms with Crippen LogP contribution >= 0.6 is 46.1 Å². The average Bonchev–Trinajstić information content (AvgIpc) is 3.04. The SMILES string of the molecule is N#CC(c1ccc2nc(C(=O)C(Cl)(Cl)Cl)sc2c1)c1ncncc1[N+](=O)[O-]. The molecule has 2 aromatic heterocycles. The molecular weight excluding hydrogens is 437 g/mol. The van der Waals surface area contributed by atoms with E-state index in [0.717, 1.165) is 23.9 Å². The Morgan fingerprint density at radius 3 is 2.74 bits per heavy atom. The number of ketones is 1. The minimum Gasteiger partial charge on any atom is -0.287 e. The molecule has 8 nitrogen and oxygen atoms in total. The summed E-state index contributed by atoms with van der Waals surface area (Å²) in [4.78, 5) is 34.3. The van der Waals surface area contributed by atoms with Gasteiger partial charge >= 0.3 is 5.69 Å². The first kappa shape index (κ1) is 19.4. The number of nitriles is 1. The molecule has 0 spiro atoms. The van der Waals surface area contributed by atoms with E-state index in [1.165, 1.54) is 0 Å². The van der Waals surface area contributed by atoms with Gasteiger partial charge in [0.2, 0.25) is 5.78 Å². The van der Waals surface area contributed by atoms with Gasteiger partial charge in [0.15, 0.2) is 5.01 Å². The summed E-state index contributed by atoms with van der Waals surface area (Å²) in [6, 6.07) is 6.76. The largest absolute Gasteiger partial charge is 0.310 e. The van der Waals surface area contributed by atoms with Gasteiger partial charge < -0.3 is 0 Å². The Bertz CT molecular complexity index is 1110. The number of nitrogens with zero attached hydrogens (tertiary/aromatic N) is 5. The number of halogens is 3. The lowest BCUT2D eigenvalue weighted by atomic mass is 9.96. The van der Waals surface area contributed by atoms with E-state index in [9.17, 15) is 20.2 Å². The van der Waals surface area contributed by atoms with E-state index in [4.69, 9.17) is 34.8 Å². The van der Waals surface area contributed by atoms with Gasteiger partial charge in [-0.05, 0) is 17.7 Å². The molecule has 0 fully saturated rings. The summed E-state index contributed by atoms with van der Waals surface area (Å²) in [5.41, 5.74) is 0.526. The van der Waals surface area contributed by atoms with Crippen molar-refractivity contribution in [1.82, 2.24) is 15.0 Å². The maximum Gasteiger partial charge on any atom is 0.310 e. The molecule has 2 heterocycles. The highest BCUT2D eigenvalue weighted by atomic mass is 35.6. The van der Waals surface area contributed by atoms with Crippen molar-refractivity contribution in [3.8, 4) is 6.07 Å². The molecule has 3 rings (SSSR count). The Hall–Kier alpha value is -2.38. The van der Waals surface area contributed by atoms with Crippen molar-refractivity contribution in [2.45, 2.75) is 9.71 Å². The number of carbonyl (C=O) groups is 1. The van der Waals surface area contributed by atoms with Crippen LogP contribution in [0.5, 0.6) is 0 Å². The lowest BCUT2D eigenvalue weighted by Gasteiger charge is -2.08. The second-order valence-corrected chi connectivity index (χ2v) is 8.50. The lowest BCUT2D eigenvalue weighted by Crippen LogP contribution is -2.18. The zero-order valence-corrected chi connectivity index (χ0v) is 16.1. The van der Waals surface area contributed by atoms with Crippen molar-refractivity contribution in [2.75, 3.05) is 0 Å². The number of hydrogen-bond donors (Lipinski definition) is 0. The zero-order valence-electron chi connectivity index (χ0n) is 13.0. The Labute approximate surface area is 170 Å². The number of nitro groups is 1. The molecule has 136 valence electrons. The van der Waals surface area contributed by atoms with Gasteiger partial charge in [-0.25, -0.2) is 15.0 Å². The molecular formula is C15H6Cl3N5O3S. The van der Waals surface area contributed by atoms with E-state index in [-0.39, 0.29) is 16.4 Å². The predicted octanol–water partition coefficient (Wildman–Crippen LogP) is 4.20. The monoisotopic (exact) mass is 441 g/mol. The highest BCUT2D eigenvalue weighted by Gasteiger charge is 2.34. The van der Waals surface area contributed by atoms with Crippen LogP contribution < -0.4 is 0 Å². The van der Waals surface area contributed by atoms with Gasteiger partial charge in [-0.3, -0.25) is 14.9 Å². The highest BCUT2D eigenvalue weighted by Crippen LogP contribution is 2.35. The molecule has 27 heavy (non-hydrogen) atoms. The molecule has 0 N–H and O–H groups in total. The number of fused-ring (bicyclic) bond motifs is 1. The molecule has 12 heteroatoms. The van der Waals surface area contributed by atoms with E-state index in [1.807, 2.05) is 6.07 Å². The van der Waals surface area contributed by atoms with E-state index in [2.05, 4.69) is 15.0 Å². The molecule has 1 unspecified atom stereocenters. The summed E-state index contributed by atoms with van der Waals surface area (Å²) in [5.74, 6) is -1.77. The van der Waals surface area contributed by atoms with Crippen LogP contribution in [0.1, 0.15) is 27.0 Å². The third kappa shape index (κ3) is 3.84. The van der Waals surface area contributed by atoms with Crippen LogP contribution in [0.4, 0.5) is 5.69 Å². The van der Waals surface area contributed by atoms with Crippen LogP contribution in [-0.2, 0) is 0 Å². The fourth-order valence-corrected chi connectivity index (χ4v) is 3.78. The Kier molecular flexibility index (Phi) is 5.26. The standard InChI is InChI=1S/C15H6Cl3N5O3S/c16-15(17,18)13(24)14-22-9-2-1-7(3-11(9)27-14)8(4-19)12-10(23(25)26)5-20-6-21-12/h1-3,5-6,8H. The summed E-state index contributed by atoms with van der Waals surface area (Å²) < 4.78 is -1.57. The van der Waals surface area contributed by atoms with E-state index in [0.29, 0.717) is 15.8 Å². The lowest BCUT2D eigenvalue weighted by molar-refractivity contribution is -0.386. The van der Waals surface area contributed by atoms with Gasteiger partial charge in [0.1, 0.15) is 24.1 Å². The molecule has 0 aliphatic heterocycles. The fourth-order valence-electron chi connectivity index (χ4n) is 2.33. The van der Waals surface area contributed by atoms with Crippen molar-refractivity contribution < 1.29 is 9.72 Å². The molecule has 0 aliphatic rings. The third-order valence-corrected chi connectivity index (χ3v) is 5.05. The van der Waals surface area contributed by atoms with Crippen LogP contribution in [0, 0.1) is 21.4 Å². The number of hydrogen-bond acceptors (Lipinski definition) is 8. The Morgan fingerprint density at radius 1 is 1.37 bits per heavy atom. The number of thiazole rings is 1. The van der Waals surface area contributed by atoms with Crippen LogP contribution in [0.25, 0.3) is 10.2 Å². The molecule has 3 aromatic rings. The first-order valence-corrected chi connectivity index (χ1v) is 9.03.